The molecule has 1 saturated carbocycles. The number of halogens is 2. The lowest BCUT2D eigenvalue weighted by molar-refractivity contribution is 0.0963. The quantitative estimate of drug-likeness (QED) is 0.339. The van der Waals surface area contributed by atoms with E-state index in [2.05, 4.69) is 10.3 Å². The number of carbonyl (C=O) groups is 1. The first-order valence-corrected chi connectivity index (χ1v) is 10.8. The third-order valence-corrected chi connectivity index (χ3v) is 6.17. The van der Waals surface area contributed by atoms with Crippen LogP contribution in [0.25, 0.3) is 0 Å². The van der Waals surface area contributed by atoms with Gasteiger partial charge in [0.1, 0.15) is 5.82 Å². The smallest absolute Gasteiger partial charge is 0.409 e. The van der Waals surface area contributed by atoms with Crippen LogP contribution in [0.15, 0.2) is 29.3 Å². The summed E-state index contributed by atoms with van der Waals surface area (Å²) in [5.74, 6) is 0.233. The Bertz CT molecular complexity index is 717. The van der Waals surface area contributed by atoms with Crippen LogP contribution < -0.4 is 11.1 Å². The number of guanidine groups is 1. The first kappa shape index (κ1) is 24.7. The van der Waals surface area contributed by atoms with Gasteiger partial charge in [0.25, 0.3) is 0 Å². The van der Waals surface area contributed by atoms with Crippen molar-refractivity contribution in [1.82, 2.24) is 10.2 Å². The van der Waals surface area contributed by atoms with Gasteiger partial charge in [-0.3, -0.25) is 4.99 Å². The lowest BCUT2D eigenvalue weighted by Gasteiger charge is -2.37. The lowest BCUT2D eigenvalue weighted by Crippen LogP contribution is -2.49. The summed E-state index contributed by atoms with van der Waals surface area (Å²) in [6, 6.07) is 7.13. The number of likely N-dealkylation sites (tertiary alicyclic amines) is 1. The molecule has 6 nitrogen and oxygen atoms in total. The Morgan fingerprint density at radius 2 is 2.00 bits per heavy atom. The number of rotatable bonds is 5. The van der Waals surface area contributed by atoms with Gasteiger partial charge in [0.05, 0.1) is 13.2 Å². The van der Waals surface area contributed by atoms with Gasteiger partial charge in [0.2, 0.25) is 0 Å². The molecule has 1 amide bonds. The van der Waals surface area contributed by atoms with E-state index in [1.54, 1.807) is 17.0 Å². The van der Waals surface area contributed by atoms with Gasteiger partial charge in [-0.1, -0.05) is 31.4 Å². The predicted molar refractivity (Wildman–Crippen MR) is 128 cm³/mol. The Morgan fingerprint density at radius 1 is 1.30 bits per heavy atom. The molecule has 2 aliphatic rings. The van der Waals surface area contributed by atoms with Crippen molar-refractivity contribution in [2.75, 3.05) is 26.2 Å². The van der Waals surface area contributed by atoms with E-state index in [4.69, 9.17) is 10.5 Å². The fourth-order valence-corrected chi connectivity index (χ4v) is 4.50. The molecule has 3 rings (SSSR count). The standard InChI is InChI=1S/C22H33FN4O2.HI/c1-2-29-21(28)27-13-9-19(10-14-27)26-20(24)25-16-22(11-4-3-5-12-22)17-7-6-8-18(23)15-17;/h6-8,15,19H,2-5,9-14,16H2,1H3,(H3,24,25,26);1H. The van der Waals surface area contributed by atoms with Crippen LogP contribution >= 0.6 is 24.0 Å². The van der Waals surface area contributed by atoms with Crippen LogP contribution in [-0.4, -0.2) is 49.2 Å². The molecule has 168 valence electrons. The van der Waals surface area contributed by atoms with Crippen LogP contribution in [0, 0.1) is 5.82 Å². The van der Waals surface area contributed by atoms with Crippen molar-refractivity contribution in [2.45, 2.75) is 63.3 Å². The maximum atomic E-state index is 13.8. The summed E-state index contributed by atoms with van der Waals surface area (Å²) in [4.78, 5) is 18.2. The van der Waals surface area contributed by atoms with E-state index >= 15 is 0 Å². The molecule has 8 heteroatoms. The first-order valence-electron chi connectivity index (χ1n) is 10.8. The van der Waals surface area contributed by atoms with Crippen molar-refractivity contribution in [3.8, 4) is 0 Å². The van der Waals surface area contributed by atoms with E-state index in [1.807, 2.05) is 13.0 Å². The number of benzene rings is 1. The summed E-state index contributed by atoms with van der Waals surface area (Å²) in [7, 11) is 0. The summed E-state index contributed by atoms with van der Waals surface area (Å²) in [5, 5.41) is 3.30. The van der Waals surface area contributed by atoms with E-state index in [0.29, 0.717) is 32.2 Å². The number of nitrogens with one attached hydrogen (secondary N) is 1. The van der Waals surface area contributed by atoms with Crippen LogP contribution in [0.4, 0.5) is 9.18 Å². The number of piperidine rings is 1. The highest BCUT2D eigenvalue weighted by Gasteiger charge is 2.34. The number of hydrogen-bond donors (Lipinski definition) is 2. The van der Waals surface area contributed by atoms with E-state index in [0.717, 1.165) is 44.1 Å². The highest BCUT2D eigenvalue weighted by Crippen LogP contribution is 2.40. The number of nitrogens with zero attached hydrogens (tertiary/aromatic N) is 2. The molecule has 0 spiro atoms. The van der Waals surface area contributed by atoms with E-state index < -0.39 is 0 Å². The minimum Gasteiger partial charge on any atom is -0.450 e. The minimum absolute atomic E-state index is 0. The molecular weight excluding hydrogens is 498 g/mol. The third-order valence-electron chi connectivity index (χ3n) is 6.17. The van der Waals surface area contributed by atoms with Crippen LogP contribution in [0.2, 0.25) is 0 Å². The van der Waals surface area contributed by atoms with Gasteiger partial charge >= 0.3 is 6.09 Å². The van der Waals surface area contributed by atoms with Crippen LogP contribution in [-0.2, 0) is 10.2 Å². The van der Waals surface area contributed by atoms with Gasteiger partial charge in [0, 0.05) is 24.5 Å². The number of nitrogens with two attached hydrogens (primary N) is 1. The molecule has 0 atom stereocenters. The molecule has 1 aromatic rings. The molecule has 30 heavy (non-hydrogen) atoms. The van der Waals surface area contributed by atoms with Crippen molar-refractivity contribution < 1.29 is 13.9 Å². The molecule has 1 aliphatic carbocycles. The monoisotopic (exact) mass is 532 g/mol. The Balaban J connectivity index is 0.00000320. The van der Waals surface area contributed by atoms with Crippen molar-refractivity contribution in [3.05, 3.63) is 35.6 Å². The number of aliphatic imine (C=N–C) groups is 1. The van der Waals surface area contributed by atoms with Crippen LogP contribution in [0.3, 0.4) is 0 Å². The molecule has 1 aromatic carbocycles. The molecule has 2 fully saturated rings. The van der Waals surface area contributed by atoms with Crippen molar-refractivity contribution in [1.29, 1.82) is 0 Å². The first-order chi connectivity index (χ1) is 14.0. The van der Waals surface area contributed by atoms with Gasteiger partial charge in [-0.25, -0.2) is 9.18 Å². The van der Waals surface area contributed by atoms with Gasteiger partial charge < -0.3 is 20.7 Å². The van der Waals surface area contributed by atoms with E-state index in [9.17, 15) is 9.18 Å². The van der Waals surface area contributed by atoms with Gasteiger partial charge in [-0.05, 0) is 50.3 Å². The van der Waals surface area contributed by atoms with Gasteiger partial charge in [-0.2, -0.15) is 0 Å². The average molecular weight is 532 g/mol. The highest BCUT2D eigenvalue weighted by molar-refractivity contribution is 14.0. The topological polar surface area (TPSA) is 80.0 Å². The SMILES string of the molecule is CCOC(=O)N1CCC(NC(N)=NCC2(c3cccc(F)c3)CCCCC2)CC1.I. The normalized spacial score (nSPS) is 19.7. The fourth-order valence-electron chi connectivity index (χ4n) is 4.50. The molecule has 0 radical (unpaired) electrons. The van der Waals surface area contributed by atoms with E-state index in [-0.39, 0.29) is 47.3 Å². The fraction of sp³-hybridized carbons (Fsp3) is 0.636. The molecule has 0 aromatic heterocycles. The van der Waals surface area contributed by atoms with Gasteiger partial charge in [0.15, 0.2) is 5.96 Å². The highest BCUT2D eigenvalue weighted by atomic mass is 127. The second-order valence-corrected chi connectivity index (χ2v) is 8.16. The number of carbonyl (C=O) groups excluding carboxylic acids is 1. The lowest BCUT2D eigenvalue weighted by atomic mass is 9.69. The Hall–Kier alpha value is -1.58. The Morgan fingerprint density at radius 3 is 2.63 bits per heavy atom. The van der Waals surface area contributed by atoms with Crippen LogP contribution in [0.5, 0.6) is 0 Å². The Kier molecular flexibility index (Phi) is 9.64. The second-order valence-electron chi connectivity index (χ2n) is 8.16. The summed E-state index contributed by atoms with van der Waals surface area (Å²) >= 11 is 0. The average Bonchev–Trinajstić information content (AvgIpc) is 2.74. The van der Waals surface area contributed by atoms with Crippen molar-refractivity contribution in [3.63, 3.8) is 0 Å². The number of amides is 1. The zero-order chi connectivity index (χ0) is 20.7. The third kappa shape index (κ3) is 6.46. The summed E-state index contributed by atoms with van der Waals surface area (Å²) in [5.41, 5.74) is 7.08. The zero-order valence-electron chi connectivity index (χ0n) is 17.7. The molecule has 1 heterocycles. The molecule has 1 aliphatic heterocycles. The minimum atomic E-state index is -0.248. The molecule has 1 saturated heterocycles. The maximum Gasteiger partial charge on any atom is 0.409 e. The predicted octanol–water partition coefficient (Wildman–Crippen LogP) is 4.17. The zero-order valence-corrected chi connectivity index (χ0v) is 20.1. The Labute approximate surface area is 195 Å². The number of ether oxygens (including phenoxy) is 1. The molecule has 3 N–H and O–H groups in total. The molecular formula is C22H34FIN4O2. The van der Waals surface area contributed by atoms with Crippen LogP contribution in [0.1, 0.15) is 57.4 Å². The van der Waals surface area contributed by atoms with Crippen molar-refractivity contribution in [2.24, 2.45) is 10.7 Å². The van der Waals surface area contributed by atoms with Gasteiger partial charge in [-0.15, -0.1) is 24.0 Å². The van der Waals surface area contributed by atoms with Crippen molar-refractivity contribution >= 4 is 36.0 Å². The number of hydrogen-bond acceptors (Lipinski definition) is 3. The molecule has 0 bridgehead atoms. The summed E-state index contributed by atoms with van der Waals surface area (Å²) < 4.78 is 18.9. The second kappa shape index (κ2) is 11.7. The largest absolute Gasteiger partial charge is 0.450 e. The summed E-state index contributed by atoms with van der Waals surface area (Å²) in [6.07, 6.45) is 6.86. The maximum absolute atomic E-state index is 13.8. The summed E-state index contributed by atoms with van der Waals surface area (Å²) in [6.45, 7) is 4.07. The molecule has 0 unspecified atom stereocenters. The van der Waals surface area contributed by atoms with E-state index in [1.165, 1.54) is 12.5 Å².